The molecule has 2 heterocycles. The molecule has 2 aromatic rings. The monoisotopic (exact) mass is 472 g/mol. The van der Waals surface area contributed by atoms with Crippen LogP contribution in [0, 0.1) is 17.6 Å². The van der Waals surface area contributed by atoms with E-state index in [1.165, 1.54) is 24.3 Å². The average Bonchev–Trinajstić information content (AvgIpc) is 2.76. The molecule has 2 aromatic carbocycles. The smallest absolute Gasteiger partial charge is 0.189 e. The fraction of sp³-hybridized carbons (Fsp3) is 0.455. The molecular weight excluding hydrogens is 450 g/mol. The predicted molar refractivity (Wildman–Crippen MR) is 111 cm³/mol. The first-order valence-corrected chi connectivity index (χ1v) is 12.0. The minimum Gasteiger partial charge on any atom is -0.490 e. The van der Waals surface area contributed by atoms with Gasteiger partial charge in [0.25, 0.3) is 0 Å². The molecule has 168 valence electrons. The summed E-state index contributed by atoms with van der Waals surface area (Å²) in [6.07, 6.45) is -0.893. The fourth-order valence-electron chi connectivity index (χ4n) is 4.72. The molecule has 4 unspecified atom stereocenters. The normalized spacial score (nSPS) is 26.5. The van der Waals surface area contributed by atoms with Gasteiger partial charge in [-0.15, -0.1) is 0 Å². The van der Waals surface area contributed by atoms with Gasteiger partial charge in [0.05, 0.1) is 29.3 Å². The van der Waals surface area contributed by atoms with Crippen molar-refractivity contribution in [3.63, 3.8) is 0 Å². The van der Waals surface area contributed by atoms with E-state index in [1.807, 2.05) is 0 Å². The van der Waals surface area contributed by atoms with Crippen molar-refractivity contribution in [1.29, 1.82) is 0 Å². The third kappa shape index (κ3) is 3.53. The van der Waals surface area contributed by atoms with Gasteiger partial charge in [0.1, 0.15) is 10.6 Å². The highest BCUT2D eigenvalue weighted by Crippen LogP contribution is 2.56. The molecule has 31 heavy (non-hydrogen) atoms. The zero-order valence-corrected chi connectivity index (χ0v) is 18.4. The van der Waals surface area contributed by atoms with Gasteiger partial charge < -0.3 is 14.6 Å². The summed E-state index contributed by atoms with van der Waals surface area (Å²) < 4.78 is 67.6. The lowest BCUT2D eigenvalue weighted by molar-refractivity contribution is -0.0900. The zero-order chi connectivity index (χ0) is 22.4. The number of aliphatic hydroxyl groups is 1. The predicted octanol–water partition coefficient (Wildman–Crippen LogP) is 4.25. The van der Waals surface area contributed by atoms with Gasteiger partial charge in [-0.3, -0.25) is 0 Å². The maximum absolute atomic E-state index is 15.2. The van der Waals surface area contributed by atoms with Crippen LogP contribution >= 0.6 is 11.6 Å². The topological polar surface area (TPSA) is 72.8 Å². The third-order valence-electron chi connectivity index (χ3n) is 6.32. The van der Waals surface area contributed by atoms with Crippen molar-refractivity contribution in [3.05, 3.63) is 58.6 Å². The molecule has 5 nitrogen and oxygen atoms in total. The summed E-state index contributed by atoms with van der Waals surface area (Å²) in [7, 11) is -4.24. The van der Waals surface area contributed by atoms with Crippen molar-refractivity contribution in [2.75, 3.05) is 13.2 Å². The molecule has 0 saturated carbocycles. The van der Waals surface area contributed by atoms with Crippen LogP contribution in [0.5, 0.6) is 5.75 Å². The molecule has 1 saturated heterocycles. The molecule has 0 aromatic heterocycles. The number of halogens is 3. The zero-order valence-electron chi connectivity index (χ0n) is 16.9. The molecule has 0 amide bonds. The van der Waals surface area contributed by atoms with Crippen LogP contribution in [0.4, 0.5) is 8.78 Å². The standard InChI is InChI=1S/C22H23ClF2O5S/c1-2-14(26)11-19-16-12-30-21-18(25)8-7-17(24)20(21)22(16,9-10-29-19)31(27,28)15-5-3-13(23)4-6-15/h3-8,14,16,19,26H,2,9-12H2,1H3. The summed E-state index contributed by atoms with van der Waals surface area (Å²) in [5.41, 5.74) is -0.307. The van der Waals surface area contributed by atoms with Gasteiger partial charge in [0.2, 0.25) is 0 Å². The van der Waals surface area contributed by atoms with Gasteiger partial charge in [-0.2, -0.15) is 0 Å². The highest BCUT2D eigenvalue weighted by Gasteiger charge is 2.61. The maximum Gasteiger partial charge on any atom is 0.189 e. The largest absolute Gasteiger partial charge is 0.490 e. The lowest BCUT2D eigenvalue weighted by Crippen LogP contribution is -2.58. The second-order valence-corrected chi connectivity index (χ2v) is 10.6. The Hall–Kier alpha value is -1.74. The number of hydrogen-bond donors (Lipinski definition) is 1. The molecule has 0 aliphatic carbocycles. The lowest BCUT2D eigenvalue weighted by Gasteiger charge is -2.50. The van der Waals surface area contributed by atoms with Crippen molar-refractivity contribution in [1.82, 2.24) is 0 Å². The van der Waals surface area contributed by atoms with Crippen LogP contribution in [0.15, 0.2) is 41.3 Å². The summed E-state index contributed by atoms with van der Waals surface area (Å²) in [6, 6.07) is 7.46. The molecule has 2 aliphatic rings. The van der Waals surface area contributed by atoms with Gasteiger partial charge >= 0.3 is 0 Å². The van der Waals surface area contributed by atoms with Crippen LogP contribution < -0.4 is 4.74 Å². The van der Waals surface area contributed by atoms with Crippen molar-refractivity contribution >= 4 is 21.4 Å². The van der Waals surface area contributed by atoms with Crippen LogP contribution in [-0.4, -0.2) is 38.9 Å². The molecule has 1 fully saturated rings. The second kappa shape index (κ2) is 8.31. The Bertz CT molecular complexity index is 1080. The van der Waals surface area contributed by atoms with Crippen molar-refractivity contribution < 1.29 is 31.8 Å². The van der Waals surface area contributed by atoms with Gasteiger partial charge in [0.15, 0.2) is 21.4 Å². The number of fused-ring (bicyclic) bond motifs is 3. The summed E-state index contributed by atoms with van der Waals surface area (Å²) in [5, 5.41) is 10.6. The molecular formula is C22H23ClF2O5S. The lowest BCUT2D eigenvalue weighted by atomic mass is 9.74. The number of benzene rings is 2. The Balaban J connectivity index is 1.97. The average molecular weight is 473 g/mol. The van der Waals surface area contributed by atoms with Crippen LogP contribution in [0.2, 0.25) is 5.02 Å². The Kier molecular flexibility index (Phi) is 6.02. The first kappa shape index (κ1) is 22.5. The first-order valence-electron chi connectivity index (χ1n) is 10.1. The molecule has 9 heteroatoms. The Morgan fingerprint density at radius 1 is 1.19 bits per heavy atom. The first-order chi connectivity index (χ1) is 14.7. The minimum atomic E-state index is -4.24. The number of aliphatic hydroxyl groups excluding tert-OH is 1. The molecule has 4 rings (SSSR count). The Morgan fingerprint density at radius 3 is 2.55 bits per heavy atom. The van der Waals surface area contributed by atoms with Crippen LogP contribution in [-0.2, 0) is 19.3 Å². The molecule has 2 aliphatic heterocycles. The van der Waals surface area contributed by atoms with E-state index in [-0.39, 0.29) is 42.3 Å². The molecule has 0 radical (unpaired) electrons. The van der Waals surface area contributed by atoms with Gasteiger partial charge in [-0.25, -0.2) is 17.2 Å². The molecule has 1 N–H and O–H groups in total. The number of ether oxygens (including phenoxy) is 2. The van der Waals surface area contributed by atoms with E-state index in [9.17, 15) is 17.9 Å². The van der Waals surface area contributed by atoms with Crippen LogP contribution in [0.25, 0.3) is 0 Å². The van der Waals surface area contributed by atoms with Gasteiger partial charge in [-0.05, 0) is 55.7 Å². The van der Waals surface area contributed by atoms with Crippen LogP contribution in [0.1, 0.15) is 31.7 Å². The van der Waals surface area contributed by atoms with Gasteiger partial charge in [0, 0.05) is 17.5 Å². The summed E-state index contributed by atoms with van der Waals surface area (Å²) in [5.74, 6) is -2.90. The third-order valence-corrected chi connectivity index (χ3v) is 9.14. The second-order valence-electron chi connectivity index (χ2n) is 7.95. The maximum atomic E-state index is 15.2. The van der Waals surface area contributed by atoms with Gasteiger partial charge in [-0.1, -0.05) is 18.5 Å². The minimum absolute atomic E-state index is 0.0137. The van der Waals surface area contributed by atoms with Crippen LogP contribution in [0.3, 0.4) is 0 Å². The fourth-order valence-corrected chi connectivity index (χ4v) is 7.19. The molecule has 0 spiro atoms. The van der Waals surface area contributed by atoms with Crippen molar-refractivity contribution in [2.45, 2.75) is 48.0 Å². The number of sulfone groups is 1. The summed E-state index contributed by atoms with van der Waals surface area (Å²) in [4.78, 5) is -0.0462. The Labute approximate surface area is 184 Å². The van der Waals surface area contributed by atoms with E-state index in [2.05, 4.69) is 0 Å². The van der Waals surface area contributed by atoms with E-state index in [4.69, 9.17) is 21.1 Å². The molecule has 0 bridgehead atoms. The Morgan fingerprint density at radius 2 is 1.87 bits per heavy atom. The SMILES string of the molecule is CCC(O)CC1OCCC2(S(=O)(=O)c3ccc(Cl)cc3)c3c(F)ccc(F)c3OCC12. The molecule has 4 atom stereocenters. The summed E-state index contributed by atoms with van der Waals surface area (Å²) in [6.45, 7) is 1.63. The van der Waals surface area contributed by atoms with E-state index >= 15 is 4.39 Å². The van der Waals surface area contributed by atoms with Crippen molar-refractivity contribution in [3.8, 4) is 5.75 Å². The van der Waals surface area contributed by atoms with E-state index in [0.717, 1.165) is 12.1 Å². The summed E-state index contributed by atoms with van der Waals surface area (Å²) >= 11 is 5.93. The number of hydrogen-bond acceptors (Lipinski definition) is 5. The van der Waals surface area contributed by atoms with E-state index in [0.29, 0.717) is 11.4 Å². The van der Waals surface area contributed by atoms with Crippen molar-refractivity contribution in [2.24, 2.45) is 5.92 Å². The highest BCUT2D eigenvalue weighted by molar-refractivity contribution is 7.92. The number of rotatable bonds is 5. The highest BCUT2D eigenvalue weighted by atomic mass is 35.5. The quantitative estimate of drug-likeness (QED) is 0.704. The van der Waals surface area contributed by atoms with E-state index < -0.39 is 44.3 Å². The van der Waals surface area contributed by atoms with E-state index in [1.54, 1.807) is 6.92 Å².